The number of amides is 1. The van der Waals surface area contributed by atoms with Gasteiger partial charge in [0.1, 0.15) is 0 Å². The van der Waals surface area contributed by atoms with E-state index in [1.165, 1.54) is 19.9 Å². The molecule has 0 saturated carbocycles. The van der Waals surface area contributed by atoms with E-state index >= 15 is 0 Å². The van der Waals surface area contributed by atoms with Crippen molar-refractivity contribution in [3.8, 4) is 0 Å². The largest absolute Gasteiger partial charge is 0.416 e. The molecule has 1 aliphatic heterocycles. The molecule has 6 heteroatoms. The summed E-state index contributed by atoms with van der Waals surface area (Å²) in [6.45, 7) is 2.62. The molecule has 3 nitrogen and oxygen atoms in total. The number of hydrogen-bond donors (Lipinski definition) is 2. The van der Waals surface area contributed by atoms with Crippen LogP contribution in [0.25, 0.3) is 0 Å². The van der Waals surface area contributed by atoms with E-state index in [9.17, 15) is 23.1 Å². The van der Waals surface area contributed by atoms with Gasteiger partial charge in [-0.2, -0.15) is 13.2 Å². The highest BCUT2D eigenvalue weighted by Gasteiger charge is 2.38. The van der Waals surface area contributed by atoms with E-state index in [0.29, 0.717) is 0 Å². The van der Waals surface area contributed by atoms with Gasteiger partial charge in [-0.1, -0.05) is 0 Å². The minimum atomic E-state index is -4.54. The lowest BCUT2D eigenvalue weighted by molar-refractivity contribution is -0.138. The monoisotopic (exact) mass is 259 g/mol. The van der Waals surface area contributed by atoms with Gasteiger partial charge in [0.25, 0.3) is 5.91 Å². The molecule has 0 aliphatic carbocycles. The molecular weight excluding hydrogens is 247 g/mol. The van der Waals surface area contributed by atoms with Crippen LogP contribution in [0.1, 0.15) is 40.9 Å². The standard InChI is InChI=1S/C12H12F3NO2/c1-11(2,18)6-3-7-8(5-16-10(7)17)9(4-6)12(13,14)15/h3-4,18H,5H2,1-2H3,(H,16,17). The highest BCUT2D eigenvalue weighted by Crippen LogP contribution is 2.38. The van der Waals surface area contributed by atoms with Gasteiger partial charge in [0.05, 0.1) is 11.2 Å². The smallest absolute Gasteiger partial charge is 0.386 e. The zero-order chi connectivity index (χ0) is 13.7. The Morgan fingerprint density at radius 2 is 1.89 bits per heavy atom. The molecule has 0 spiro atoms. The van der Waals surface area contributed by atoms with Gasteiger partial charge < -0.3 is 10.4 Å². The second-order valence-corrected chi connectivity index (χ2v) is 4.79. The normalized spacial score (nSPS) is 15.6. The van der Waals surface area contributed by atoms with Crippen molar-refractivity contribution in [3.05, 3.63) is 34.4 Å². The second-order valence-electron chi connectivity index (χ2n) is 4.79. The number of carbonyl (C=O) groups is 1. The van der Waals surface area contributed by atoms with E-state index in [0.717, 1.165) is 6.07 Å². The topological polar surface area (TPSA) is 49.3 Å². The van der Waals surface area contributed by atoms with Crippen molar-refractivity contribution in [2.24, 2.45) is 0 Å². The van der Waals surface area contributed by atoms with E-state index in [2.05, 4.69) is 5.32 Å². The number of nitrogens with one attached hydrogen (secondary N) is 1. The molecule has 1 heterocycles. The summed E-state index contributed by atoms with van der Waals surface area (Å²) < 4.78 is 38.8. The average molecular weight is 259 g/mol. The molecule has 1 aliphatic rings. The van der Waals surface area contributed by atoms with Gasteiger partial charge in [0.15, 0.2) is 0 Å². The van der Waals surface area contributed by atoms with E-state index in [4.69, 9.17) is 0 Å². The maximum atomic E-state index is 12.9. The van der Waals surface area contributed by atoms with Crippen molar-refractivity contribution in [1.29, 1.82) is 0 Å². The van der Waals surface area contributed by atoms with Gasteiger partial charge in [0, 0.05) is 12.1 Å². The van der Waals surface area contributed by atoms with Crippen LogP contribution in [0, 0.1) is 0 Å². The van der Waals surface area contributed by atoms with E-state index in [1.54, 1.807) is 0 Å². The summed E-state index contributed by atoms with van der Waals surface area (Å²) in [5.74, 6) is -0.540. The molecule has 0 fully saturated rings. The summed E-state index contributed by atoms with van der Waals surface area (Å²) in [6.07, 6.45) is -4.54. The van der Waals surface area contributed by atoms with Crippen LogP contribution in [-0.4, -0.2) is 11.0 Å². The summed E-state index contributed by atoms with van der Waals surface area (Å²) >= 11 is 0. The highest BCUT2D eigenvalue weighted by atomic mass is 19.4. The van der Waals surface area contributed by atoms with Crippen molar-refractivity contribution < 1.29 is 23.1 Å². The average Bonchev–Trinajstić information content (AvgIpc) is 2.56. The summed E-state index contributed by atoms with van der Waals surface area (Å²) in [4.78, 5) is 11.5. The van der Waals surface area contributed by atoms with Crippen LogP contribution >= 0.6 is 0 Å². The number of fused-ring (bicyclic) bond motifs is 1. The molecule has 1 aromatic rings. The second kappa shape index (κ2) is 3.71. The van der Waals surface area contributed by atoms with E-state index in [1.807, 2.05) is 0 Å². The zero-order valence-electron chi connectivity index (χ0n) is 9.85. The van der Waals surface area contributed by atoms with Crippen LogP contribution in [-0.2, 0) is 18.3 Å². The van der Waals surface area contributed by atoms with Crippen LogP contribution in [0.15, 0.2) is 12.1 Å². The maximum Gasteiger partial charge on any atom is 0.416 e. The quantitative estimate of drug-likeness (QED) is 0.812. The van der Waals surface area contributed by atoms with E-state index in [-0.39, 0.29) is 23.2 Å². The number of alkyl halides is 3. The Bertz CT molecular complexity index is 515. The predicted octanol–water partition coefficient (Wildman–Crippen LogP) is 2.18. The minimum Gasteiger partial charge on any atom is -0.386 e. The van der Waals surface area contributed by atoms with Gasteiger partial charge in [-0.3, -0.25) is 4.79 Å². The van der Waals surface area contributed by atoms with Crippen LogP contribution in [0.2, 0.25) is 0 Å². The van der Waals surface area contributed by atoms with Gasteiger partial charge in [-0.25, -0.2) is 0 Å². The number of rotatable bonds is 1. The molecule has 0 unspecified atom stereocenters. The molecule has 18 heavy (non-hydrogen) atoms. The van der Waals surface area contributed by atoms with Crippen molar-refractivity contribution >= 4 is 5.91 Å². The SMILES string of the molecule is CC(C)(O)c1cc2c(c(C(F)(F)F)c1)CNC2=O. The molecule has 2 rings (SSSR count). The molecule has 0 bridgehead atoms. The number of halogens is 3. The minimum absolute atomic E-state index is 0.0121. The zero-order valence-corrected chi connectivity index (χ0v) is 9.85. The predicted molar refractivity (Wildman–Crippen MR) is 57.9 cm³/mol. The Morgan fingerprint density at radius 3 is 2.39 bits per heavy atom. The number of aliphatic hydroxyl groups is 1. The van der Waals surface area contributed by atoms with Crippen molar-refractivity contribution in [3.63, 3.8) is 0 Å². The molecule has 0 radical (unpaired) electrons. The summed E-state index contributed by atoms with van der Waals surface area (Å²) in [5.41, 5.74) is -2.29. The lowest BCUT2D eigenvalue weighted by atomic mass is 9.91. The molecule has 98 valence electrons. The Morgan fingerprint density at radius 1 is 1.28 bits per heavy atom. The molecule has 0 saturated heterocycles. The first kappa shape index (κ1) is 12.9. The number of carbonyl (C=O) groups excluding carboxylic acids is 1. The maximum absolute atomic E-state index is 12.9. The fourth-order valence-electron chi connectivity index (χ4n) is 1.94. The fourth-order valence-corrected chi connectivity index (χ4v) is 1.94. The van der Waals surface area contributed by atoms with Crippen molar-refractivity contribution in [2.45, 2.75) is 32.2 Å². The molecule has 1 amide bonds. The molecule has 2 N–H and O–H groups in total. The van der Waals surface area contributed by atoms with E-state index < -0.39 is 23.2 Å². The third kappa shape index (κ3) is 2.08. The lowest BCUT2D eigenvalue weighted by Crippen LogP contribution is -2.19. The van der Waals surface area contributed by atoms with Gasteiger partial charge >= 0.3 is 6.18 Å². The Kier molecular flexibility index (Phi) is 2.66. The molecule has 0 atom stereocenters. The van der Waals surface area contributed by atoms with Gasteiger partial charge in [0.2, 0.25) is 0 Å². The number of benzene rings is 1. The Labute approximate surface area is 102 Å². The summed E-state index contributed by atoms with van der Waals surface area (Å²) in [5, 5.41) is 12.2. The lowest BCUT2D eigenvalue weighted by Gasteiger charge is -2.21. The van der Waals surface area contributed by atoms with Crippen LogP contribution in [0.5, 0.6) is 0 Å². The first-order valence-electron chi connectivity index (χ1n) is 5.36. The Hall–Kier alpha value is -1.56. The van der Waals surface area contributed by atoms with Crippen LogP contribution in [0.3, 0.4) is 0 Å². The first-order chi connectivity index (χ1) is 8.10. The first-order valence-corrected chi connectivity index (χ1v) is 5.36. The van der Waals surface area contributed by atoms with Gasteiger partial charge in [-0.05, 0) is 37.1 Å². The fraction of sp³-hybridized carbons (Fsp3) is 0.417. The third-order valence-electron chi connectivity index (χ3n) is 2.93. The van der Waals surface area contributed by atoms with Crippen molar-refractivity contribution in [2.75, 3.05) is 0 Å². The summed E-state index contributed by atoms with van der Waals surface area (Å²) in [6, 6.07) is 2.21. The van der Waals surface area contributed by atoms with Crippen molar-refractivity contribution in [1.82, 2.24) is 5.32 Å². The highest BCUT2D eigenvalue weighted by molar-refractivity contribution is 5.99. The molecular formula is C12H12F3NO2. The third-order valence-corrected chi connectivity index (χ3v) is 2.93. The number of hydrogen-bond acceptors (Lipinski definition) is 2. The Balaban J connectivity index is 2.71. The summed E-state index contributed by atoms with van der Waals surface area (Å²) in [7, 11) is 0. The van der Waals surface area contributed by atoms with Crippen LogP contribution < -0.4 is 5.32 Å². The molecule has 1 aromatic carbocycles. The van der Waals surface area contributed by atoms with Gasteiger partial charge in [-0.15, -0.1) is 0 Å². The molecule has 0 aromatic heterocycles. The van der Waals surface area contributed by atoms with Crippen LogP contribution in [0.4, 0.5) is 13.2 Å².